The van der Waals surface area contributed by atoms with E-state index in [9.17, 15) is 0 Å². The van der Waals surface area contributed by atoms with Crippen molar-refractivity contribution >= 4 is 15.9 Å². The van der Waals surface area contributed by atoms with Crippen LogP contribution in [0.3, 0.4) is 0 Å². The van der Waals surface area contributed by atoms with Crippen molar-refractivity contribution < 1.29 is 13.9 Å². The molecule has 0 fully saturated rings. The summed E-state index contributed by atoms with van der Waals surface area (Å²) in [4.78, 5) is 0. The Bertz CT molecular complexity index is 580. The SMILES string of the molecule is CNCc1cc(COc2ccc(OC)cc2Br)c(C)o1. The fraction of sp³-hybridized carbons (Fsp3) is 0.333. The van der Waals surface area contributed by atoms with Crippen LogP contribution in [0.4, 0.5) is 0 Å². The van der Waals surface area contributed by atoms with E-state index in [4.69, 9.17) is 13.9 Å². The molecule has 2 rings (SSSR count). The van der Waals surface area contributed by atoms with E-state index in [0.717, 1.165) is 33.1 Å². The zero-order chi connectivity index (χ0) is 14.5. The van der Waals surface area contributed by atoms with E-state index in [-0.39, 0.29) is 0 Å². The Balaban J connectivity index is 2.05. The van der Waals surface area contributed by atoms with Gasteiger partial charge in [-0.15, -0.1) is 0 Å². The van der Waals surface area contributed by atoms with Crippen molar-refractivity contribution in [3.8, 4) is 11.5 Å². The van der Waals surface area contributed by atoms with Crippen molar-refractivity contribution in [2.75, 3.05) is 14.2 Å². The van der Waals surface area contributed by atoms with Gasteiger partial charge in [0.05, 0.1) is 18.1 Å². The molecule has 0 radical (unpaired) electrons. The molecule has 1 aromatic carbocycles. The lowest BCUT2D eigenvalue weighted by Gasteiger charge is -2.08. The maximum absolute atomic E-state index is 5.81. The highest BCUT2D eigenvalue weighted by atomic mass is 79.9. The van der Waals surface area contributed by atoms with E-state index in [1.807, 2.05) is 38.2 Å². The maximum atomic E-state index is 5.81. The van der Waals surface area contributed by atoms with Gasteiger partial charge in [-0.05, 0) is 54.2 Å². The molecular weight excluding hydrogens is 322 g/mol. The lowest BCUT2D eigenvalue weighted by atomic mass is 10.2. The molecule has 0 bridgehead atoms. The van der Waals surface area contributed by atoms with Gasteiger partial charge in [-0.25, -0.2) is 0 Å². The second-order valence-electron chi connectivity index (χ2n) is 4.41. The first-order chi connectivity index (χ1) is 9.63. The summed E-state index contributed by atoms with van der Waals surface area (Å²) in [6.07, 6.45) is 0. The van der Waals surface area contributed by atoms with Crippen LogP contribution in [0.2, 0.25) is 0 Å². The molecule has 4 nitrogen and oxygen atoms in total. The minimum atomic E-state index is 0.476. The largest absolute Gasteiger partial charge is 0.497 e. The number of furan rings is 1. The Labute approximate surface area is 127 Å². The quantitative estimate of drug-likeness (QED) is 0.872. The molecule has 0 spiro atoms. The van der Waals surface area contributed by atoms with E-state index < -0.39 is 0 Å². The number of aryl methyl sites for hydroxylation is 1. The lowest BCUT2D eigenvalue weighted by Crippen LogP contribution is -2.03. The minimum Gasteiger partial charge on any atom is -0.497 e. The summed E-state index contributed by atoms with van der Waals surface area (Å²) in [7, 11) is 3.53. The maximum Gasteiger partial charge on any atom is 0.134 e. The number of hydrogen-bond donors (Lipinski definition) is 1. The van der Waals surface area contributed by atoms with Crippen molar-refractivity contribution in [3.63, 3.8) is 0 Å². The third kappa shape index (κ3) is 3.55. The first-order valence-electron chi connectivity index (χ1n) is 6.33. The van der Waals surface area contributed by atoms with Crippen LogP contribution in [-0.2, 0) is 13.2 Å². The van der Waals surface area contributed by atoms with Gasteiger partial charge in [0.2, 0.25) is 0 Å². The molecule has 1 N–H and O–H groups in total. The number of nitrogens with one attached hydrogen (secondary N) is 1. The van der Waals surface area contributed by atoms with Crippen LogP contribution in [0.5, 0.6) is 11.5 Å². The molecule has 0 amide bonds. The second-order valence-corrected chi connectivity index (χ2v) is 5.26. The monoisotopic (exact) mass is 339 g/mol. The molecule has 0 aliphatic rings. The predicted octanol–water partition coefficient (Wildman–Crippen LogP) is 3.66. The Morgan fingerprint density at radius 1 is 1.30 bits per heavy atom. The molecule has 2 aromatic rings. The second kappa shape index (κ2) is 6.81. The topological polar surface area (TPSA) is 43.6 Å². The van der Waals surface area contributed by atoms with Gasteiger partial charge in [0.15, 0.2) is 0 Å². The Morgan fingerprint density at radius 3 is 2.75 bits per heavy atom. The number of hydrogen-bond acceptors (Lipinski definition) is 4. The van der Waals surface area contributed by atoms with Gasteiger partial charge < -0.3 is 19.2 Å². The molecule has 0 aliphatic heterocycles. The zero-order valence-electron chi connectivity index (χ0n) is 11.8. The van der Waals surface area contributed by atoms with Gasteiger partial charge in [-0.2, -0.15) is 0 Å². The van der Waals surface area contributed by atoms with Crippen LogP contribution in [0, 0.1) is 6.92 Å². The molecule has 20 heavy (non-hydrogen) atoms. The molecule has 1 aromatic heterocycles. The summed E-state index contributed by atoms with van der Waals surface area (Å²) < 4.78 is 17.5. The third-order valence-corrected chi connectivity index (χ3v) is 3.56. The highest BCUT2D eigenvalue weighted by molar-refractivity contribution is 9.10. The molecule has 108 valence electrons. The Hall–Kier alpha value is -1.46. The van der Waals surface area contributed by atoms with Crippen molar-refractivity contribution in [2.45, 2.75) is 20.1 Å². The first kappa shape index (κ1) is 14.9. The first-order valence-corrected chi connectivity index (χ1v) is 7.12. The number of benzene rings is 1. The van der Waals surface area contributed by atoms with E-state index >= 15 is 0 Å². The fourth-order valence-corrected chi connectivity index (χ4v) is 2.35. The minimum absolute atomic E-state index is 0.476. The van der Waals surface area contributed by atoms with Crippen LogP contribution in [0.25, 0.3) is 0 Å². The summed E-state index contributed by atoms with van der Waals surface area (Å²) in [5, 5.41) is 3.06. The summed E-state index contributed by atoms with van der Waals surface area (Å²) >= 11 is 3.47. The average molecular weight is 340 g/mol. The number of methoxy groups -OCH3 is 1. The summed E-state index contributed by atoms with van der Waals surface area (Å²) in [5.41, 5.74) is 1.05. The normalized spacial score (nSPS) is 10.6. The van der Waals surface area contributed by atoms with Gasteiger partial charge in [-0.1, -0.05) is 0 Å². The predicted molar refractivity (Wildman–Crippen MR) is 81.2 cm³/mol. The molecule has 0 atom stereocenters. The van der Waals surface area contributed by atoms with Gasteiger partial charge in [0.25, 0.3) is 0 Å². The van der Waals surface area contributed by atoms with Crippen molar-refractivity contribution in [1.29, 1.82) is 0 Å². The van der Waals surface area contributed by atoms with Crippen LogP contribution < -0.4 is 14.8 Å². The van der Waals surface area contributed by atoms with Crippen molar-refractivity contribution in [1.82, 2.24) is 5.32 Å². The molecule has 0 saturated heterocycles. The van der Waals surface area contributed by atoms with Gasteiger partial charge in [0, 0.05) is 5.56 Å². The van der Waals surface area contributed by atoms with Crippen molar-refractivity contribution in [2.24, 2.45) is 0 Å². The summed E-state index contributed by atoms with van der Waals surface area (Å²) in [5.74, 6) is 3.37. The van der Waals surface area contributed by atoms with E-state index in [1.165, 1.54) is 0 Å². The van der Waals surface area contributed by atoms with Crippen molar-refractivity contribution in [3.05, 3.63) is 45.8 Å². The third-order valence-electron chi connectivity index (χ3n) is 2.94. The van der Waals surface area contributed by atoms with Crippen LogP contribution in [-0.4, -0.2) is 14.2 Å². The highest BCUT2D eigenvalue weighted by Crippen LogP contribution is 2.30. The standard InChI is InChI=1S/C15H18BrNO3/c1-10-11(6-13(20-10)8-17-2)9-19-15-5-4-12(18-3)7-14(15)16/h4-7,17H,8-9H2,1-3H3. The van der Waals surface area contributed by atoms with Crippen LogP contribution >= 0.6 is 15.9 Å². The fourth-order valence-electron chi connectivity index (χ4n) is 1.87. The zero-order valence-corrected chi connectivity index (χ0v) is 13.4. The summed E-state index contributed by atoms with van der Waals surface area (Å²) in [6, 6.07) is 7.65. The Morgan fingerprint density at radius 2 is 2.10 bits per heavy atom. The molecular formula is C15H18BrNO3. The van der Waals surface area contributed by atoms with Gasteiger partial charge >= 0.3 is 0 Å². The average Bonchev–Trinajstić information content (AvgIpc) is 2.78. The van der Waals surface area contributed by atoms with E-state index in [2.05, 4.69) is 21.2 Å². The molecule has 0 saturated carbocycles. The van der Waals surface area contributed by atoms with Crippen LogP contribution in [0.15, 0.2) is 33.2 Å². The van der Waals surface area contributed by atoms with E-state index in [1.54, 1.807) is 7.11 Å². The number of ether oxygens (including phenoxy) is 2. The van der Waals surface area contributed by atoms with Crippen LogP contribution in [0.1, 0.15) is 17.1 Å². The molecule has 1 heterocycles. The molecule has 0 aliphatic carbocycles. The number of rotatable bonds is 6. The van der Waals surface area contributed by atoms with Gasteiger partial charge in [0.1, 0.15) is 29.6 Å². The smallest absolute Gasteiger partial charge is 0.134 e. The highest BCUT2D eigenvalue weighted by Gasteiger charge is 2.09. The number of halogens is 1. The van der Waals surface area contributed by atoms with E-state index in [0.29, 0.717) is 13.2 Å². The lowest BCUT2D eigenvalue weighted by molar-refractivity contribution is 0.300. The Kier molecular flexibility index (Phi) is 5.09. The molecule has 0 unspecified atom stereocenters. The van der Waals surface area contributed by atoms with Gasteiger partial charge in [-0.3, -0.25) is 0 Å². The summed E-state index contributed by atoms with van der Waals surface area (Å²) in [6.45, 7) is 3.14. The molecule has 5 heteroatoms.